The average Bonchev–Trinajstić information content (AvgIpc) is 3.26. The van der Waals surface area contributed by atoms with Gasteiger partial charge in [-0.2, -0.15) is 0 Å². The number of sulfonamides is 1. The van der Waals surface area contributed by atoms with Crippen molar-refractivity contribution < 1.29 is 22.3 Å². The molecule has 1 aliphatic carbocycles. The minimum absolute atomic E-state index is 0.135. The molecule has 1 N–H and O–H groups in total. The molecule has 1 saturated carbocycles. The van der Waals surface area contributed by atoms with Crippen LogP contribution in [-0.4, -0.2) is 38.9 Å². The van der Waals surface area contributed by atoms with Gasteiger partial charge in [0.1, 0.15) is 24.3 Å². The second-order valence-electron chi connectivity index (χ2n) is 7.85. The van der Waals surface area contributed by atoms with Crippen LogP contribution in [0.15, 0.2) is 34.9 Å². The van der Waals surface area contributed by atoms with Gasteiger partial charge in [-0.1, -0.05) is 12.1 Å². The number of benzene rings is 1. The standard InChI is InChI=1S/C20H26N2O5S/c1-28(23,24)22-16-7-8-20(11-16)14-25-9-3-5-15-4-2-6-18(10-15)26-12-17-13-27-19(20)21-17/h2,4,6,10,13,16,22H,3,5,7-9,11-12,14H2,1H3/t16-,20-/m0/s1. The summed E-state index contributed by atoms with van der Waals surface area (Å²) in [5.74, 6) is 1.42. The van der Waals surface area contributed by atoms with Crippen molar-refractivity contribution in [1.82, 2.24) is 9.71 Å². The highest BCUT2D eigenvalue weighted by Gasteiger charge is 2.45. The van der Waals surface area contributed by atoms with Crippen LogP contribution >= 0.6 is 0 Å². The number of oxazole rings is 1. The molecule has 0 amide bonds. The van der Waals surface area contributed by atoms with E-state index in [9.17, 15) is 8.42 Å². The normalized spacial score (nSPS) is 26.0. The molecule has 2 aliphatic rings. The Hall–Kier alpha value is -1.90. The molecule has 1 aliphatic heterocycles. The summed E-state index contributed by atoms with van der Waals surface area (Å²) < 4.78 is 43.7. The topological polar surface area (TPSA) is 90.7 Å². The first-order valence-electron chi connectivity index (χ1n) is 9.64. The Kier molecular flexibility index (Phi) is 5.44. The van der Waals surface area contributed by atoms with E-state index in [1.807, 2.05) is 18.2 Å². The molecule has 7 nitrogen and oxygen atoms in total. The van der Waals surface area contributed by atoms with Gasteiger partial charge in [0.2, 0.25) is 15.9 Å². The Labute approximate surface area is 165 Å². The first-order chi connectivity index (χ1) is 13.4. The molecule has 2 heterocycles. The van der Waals surface area contributed by atoms with Crippen LogP contribution in [-0.2, 0) is 33.2 Å². The Morgan fingerprint density at radius 1 is 1.32 bits per heavy atom. The van der Waals surface area contributed by atoms with Crippen LogP contribution in [0.1, 0.15) is 42.8 Å². The van der Waals surface area contributed by atoms with Crippen LogP contribution in [0.4, 0.5) is 0 Å². The number of aryl methyl sites for hydroxylation is 1. The van der Waals surface area contributed by atoms with Gasteiger partial charge in [0.25, 0.3) is 0 Å². The summed E-state index contributed by atoms with van der Waals surface area (Å²) in [5, 5.41) is 0. The highest BCUT2D eigenvalue weighted by atomic mass is 32.2. The summed E-state index contributed by atoms with van der Waals surface area (Å²) >= 11 is 0. The third kappa shape index (κ3) is 4.56. The van der Waals surface area contributed by atoms with E-state index >= 15 is 0 Å². The van der Waals surface area contributed by atoms with Crippen molar-refractivity contribution in [3.05, 3.63) is 47.7 Å². The van der Waals surface area contributed by atoms with Gasteiger partial charge in [0.15, 0.2) is 0 Å². The second-order valence-corrected chi connectivity index (χ2v) is 9.63. The monoisotopic (exact) mass is 406 g/mol. The van der Waals surface area contributed by atoms with Crippen molar-refractivity contribution in [1.29, 1.82) is 0 Å². The summed E-state index contributed by atoms with van der Waals surface area (Å²) in [6, 6.07) is 7.93. The van der Waals surface area contributed by atoms with Crippen LogP contribution in [0, 0.1) is 0 Å². The fourth-order valence-corrected chi connectivity index (χ4v) is 4.93. The fourth-order valence-electron chi connectivity index (χ4n) is 4.13. The van der Waals surface area contributed by atoms with E-state index in [0.29, 0.717) is 32.1 Å². The van der Waals surface area contributed by atoms with E-state index in [4.69, 9.17) is 13.9 Å². The number of nitrogens with zero attached hydrogens (tertiary/aromatic N) is 1. The number of hydrogen-bond donors (Lipinski definition) is 1. The molecule has 2 aromatic rings. The predicted molar refractivity (Wildman–Crippen MR) is 104 cm³/mol. The first kappa shape index (κ1) is 19.4. The molecule has 1 aromatic carbocycles. The number of fused-ring (bicyclic) bond motifs is 5. The Balaban J connectivity index is 1.56. The van der Waals surface area contributed by atoms with Gasteiger partial charge in [0.05, 0.1) is 18.3 Å². The van der Waals surface area contributed by atoms with Crippen molar-refractivity contribution in [3.63, 3.8) is 0 Å². The smallest absolute Gasteiger partial charge is 0.208 e. The molecule has 1 aromatic heterocycles. The molecule has 28 heavy (non-hydrogen) atoms. The number of nitrogens with one attached hydrogen (secondary N) is 1. The third-order valence-corrected chi connectivity index (χ3v) is 6.17. The minimum atomic E-state index is -3.26. The fraction of sp³-hybridized carbons (Fsp3) is 0.550. The van der Waals surface area contributed by atoms with Crippen LogP contribution in [0.3, 0.4) is 0 Å². The molecular formula is C20H26N2O5S. The molecule has 152 valence electrons. The van der Waals surface area contributed by atoms with Gasteiger partial charge in [0, 0.05) is 12.6 Å². The third-order valence-electron chi connectivity index (χ3n) is 5.41. The summed E-state index contributed by atoms with van der Waals surface area (Å²) in [7, 11) is -3.26. The lowest BCUT2D eigenvalue weighted by Crippen LogP contribution is -2.36. The van der Waals surface area contributed by atoms with Gasteiger partial charge in [-0.05, 0) is 49.8 Å². The SMILES string of the molecule is CS(=O)(=O)N[C@H]1CC[C@@]2(COCCCc3cccc(c3)OCc3coc2n3)C1. The molecule has 1 fully saturated rings. The van der Waals surface area contributed by atoms with E-state index in [1.54, 1.807) is 6.26 Å². The first-order valence-corrected chi connectivity index (χ1v) is 11.5. The largest absolute Gasteiger partial charge is 0.487 e. The molecule has 2 atom stereocenters. The summed E-state index contributed by atoms with van der Waals surface area (Å²) in [6.45, 7) is 1.43. The maximum absolute atomic E-state index is 11.6. The van der Waals surface area contributed by atoms with Crippen molar-refractivity contribution in [2.24, 2.45) is 0 Å². The van der Waals surface area contributed by atoms with Crippen molar-refractivity contribution >= 4 is 10.0 Å². The van der Waals surface area contributed by atoms with Crippen LogP contribution in [0.2, 0.25) is 0 Å². The van der Waals surface area contributed by atoms with E-state index in [1.165, 1.54) is 11.8 Å². The van der Waals surface area contributed by atoms with Crippen molar-refractivity contribution in [3.8, 4) is 5.75 Å². The number of rotatable bonds is 2. The van der Waals surface area contributed by atoms with E-state index in [2.05, 4.69) is 15.8 Å². The summed E-state index contributed by atoms with van der Waals surface area (Å²) in [5.41, 5.74) is 1.52. The maximum atomic E-state index is 11.6. The molecule has 4 rings (SSSR count). The van der Waals surface area contributed by atoms with Gasteiger partial charge in [-0.25, -0.2) is 18.1 Å². The van der Waals surface area contributed by atoms with Gasteiger partial charge >= 0.3 is 0 Å². The number of aromatic nitrogens is 1. The lowest BCUT2D eigenvalue weighted by Gasteiger charge is -2.26. The van der Waals surface area contributed by atoms with Gasteiger partial charge in [-0.3, -0.25) is 0 Å². The maximum Gasteiger partial charge on any atom is 0.208 e. The Morgan fingerprint density at radius 2 is 2.21 bits per heavy atom. The van der Waals surface area contributed by atoms with E-state index < -0.39 is 15.4 Å². The van der Waals surface area contributed by atoms with Crippen molar-refractivity contribution in [2.45, 2.75) is 50.2 Å². The zero-order valence-electron chi connectivity index (χ0n) is 16.0. The molecule has 0 radical (unpaired) electrons. The Bertz CT molecular complexity index is 926. The number of ether oxygens (including phenoxy) is 2. The minimum Gasteiger partial charge on any atom is -0.487 e. The van der Waals surface area contributed by atoms with Crippen LogP contribution < -0.4 is 9.46 Å². The van der Waals surface area contributed by atoms with E-state index in [0.717, 1.165) is 37.1 Å². The Morgan fingerprint density at radius 3 is 3.07 bits per heavy atom. The van der Waals surface area contributed by atoms with Crippen LogP contribution in [0.25, 0.3) is 0 Å². The lowest BCUT2D eigenvalue weighted by atomic mass is 9.86. The average molecular weight is 407 g/mol. The van der Waals surface area contributed by atoms with Crippen LogP contribution in [0.5, 0.6) is 5.75 Å². The zero-order chi connectivity index (χ0) is 19.6. The quantitative estimate of drug-likeness (QED) is 0.824. The highest BCUT2D eigenvalue weighted by Crippen LogP contribution is 2.41. The predicted octanol–water partition coefficient (Wildman–Crippen LogP) is 2.56. The summed E-state index contributed by atoms with van der Waals surface area (Å²) in [4.78, 5) is 4.65. The molecule has 8 heteroatoms. The zero-order valence-corrected chi connectivity index (χ0v) is 16.8. The van der Waals surface area contributed by atoms with Gasteiger partial charge < -0.3 is 13.9 Å². The van der Waals surface area contributed by atoms with E-state index in [-0.39, 0.29) is 6.04 Å². The number of hydrogen-bond acceptors (Lipinski definition) is 6. The summed E-state index contributed by atoms with van der Waals surface area (Å²) in [6.07, 6.45) is 6.74. The molecule has 0 unspecified atom stereocenters. The molecule has 4 bridgehead atoms. The molecule has 1 spiro atoms. The molecule has 0 saturated heterocycles. The second kappa shape index (κ2) is 7.85. The van der Waals surface area contributed by atoms with Crippen molar-refractivity contribution in [2.75, 3.05) is 19.5 Å². The molecular weight excluding hydrogens is 380 g/mol. The van der Waals surface area contributed by atoms with Gasteiger partial charge in [-0.15, -0.1) is 0 Å². The highest BCUT2D eigenvalue weighted by molar-refractivity contribution is 7.88. The lowest BCUT2D eigenvalue weighted by molar-refractivity contribution is 0.0699.